The molecule has 0 aliphatic carbocycles. The van der Waals surface area contributed by atoms with Crippen molar-refractivity contribution in [3.05, 3.63) is 48.0 Å². The molecule has 4 heterocycles. The van der Waals surface area contributed by atoms with Crippen molar-refractivity contribution in [3.63, 3.8) is 0 Å². The van der Waals surface area contributed by atoms with E-state index < -0.39 is 0 Å². The van der Waals surface area contributed by atoms with Gasteiger partial charge in [-0.2, -0.15) is 4.98 Å². The van der Waals surface area contributed by atoms with Crippen molar-refractivity contribution in [2.75, 3.05) is 23.3 Å². The van der Waals surface area contributed by atoms with Crippen molar-refractivity contribution in [1.29, 1.82) is 0 Å². The molecule has 0 unspecified atom stereocenters. The highest BCUT2D eigenvalue weighted by molar-refractivity contribution is 5.45. The van der Waals surface area contributed by atoms with Gasteiger partial charge in [-0.3, -0.25) is 0 Å². The molecular weight excluding hydrogens is 316 g/mol. The molecule has 0 spiro atoms. The largest absolute Gasteiger partial charge is 0.393 e. The lowest BCUT2D eigenvalue weighted by Gasteiger charge is -2.30. The summed E-state index contributed by atoms with van der Waals surface area (Å²) in [5.74, 6) is 1.49. The molecule has 2 N–H and O–H groups in total. The number of anilines is 2. The molecule has 1 aliphatic rings. The van der Waals surface area contributed by atoms with Crippen molar-refractivity contribution >= 4 is 17.4 Å². The normalized spacial score (nSPS) is 15.7. The van der Waals surface area contributed by atoms with Gasteiger partial charge >= 0.3 is 0 Å². The van der Waals surface area contributed by atoms with Crippen molar-refractivity contribution in [2.45, 2.75) is 32.4 Å². The van der Waals surface area contributed by atoms with Crippen LogP contribution in [0.25, 0.3) is 5.65 Å². The van der Waals surface area contributed by atoms with Gasteiger partial charge in [0.15, 0.2) is 0 Å². The van der Waals surface area contributed by atoms with Gasteiger partial charge in [0, 0.05) is 31.7 Å². The van der Waals surface area contributed by atoms with Crippen molar-refractivity contribution in [1.82, 2.24) is 19.4 Å². The van der Waals surface area contributed by atoms with E-state index in [0.29, 0.717) is 12.5 Å². The summed E-state index contributed by atoms with van der Waals surface area (Å²) in [6, 6.07) is 6.04. The van der Waals surface area contributed by atoms with Crippen molar-refractivity contribution < 1.29 is 5.11 Å². The molecular formula is C18H22N6O. The zero-order valence-corrected chi connectivity index (χ0v) is 14.3. The Labute approximate surface area is 146 Å². The van der Waals surface area contributed by atoms with Crippen LogP contribution < -0.4 is 10.2 Å². The highest BCUT2D eigenvalue weighted by Crippen LogP contribution is 2.18. The maximum atomic E-state index is 9.64. The Balaban J connectivity index is 1.44. The van der Waals surface area contributed by atoms with Gasteiger partial charge in [0.1, 0.15) is 11.5 Å². The first-order valence-corrected chi connectivity index (χ1v) is 8.61. The minimum Gasteiger partial charge on any atom is -0.393 e. The molecule has 0 saturated carbocycles. The third-order valence-electron chi connectivity index (χ3n) is 4.52. The second-order valence-corrected chi connectivity index (χ2v) is 6.51. The molecule has 1 aliphatic heterocycles. The van der Waals surface area contributed by atoms with E-state index in [1.54, 1.807) is 6.20 Å². The number of rotatable bonds is 4. The zero-order chi connectivity index (χ0) is 17.2. The molecule has 3 aromatic heterocycles. The summed E-state index contributed by atoms with van der Waals surface area (Å²) in [7, 11) is 0. The number of aromatic nitrogens is 4. The van der Waals surface area contributed by atoms with Crippen LogP contribution in [0.3, 0.4) is 0 Å². The van der Waals surface area contributed by atoms with Gasteiger partial charge in [-0.15, -0.1) is 0 Å². The van der Waals surface area contributed by atoms with E-state index in [1.165, 1.54) is 5.56 Å². The number of pyridine rings is 1. The fraction of sp³-hybridized carbons (Fsp3) is 0.389. The minimum absolute atomic E-state index is 0.186. The number of hydrogen-bond donors (Lipinski definition) is 2. The smallest absolute Gasteiger partial charge is 0.224 e. The fourth-order valence-electron chi connectivity index (χ4n) is 3.10. The van der Waals surface area contributed by atoms with Gasteiger partial charge in [-0.05, 0) is 43.5 Å². The number of fused-ring (bicyclic) bond motifs is 1. The number of aliphatic hydroxyl groups excluding tert-OH is 1. The molecule has 1 saturated heterocycles. The Morgan fingerprint density at radius 1 is 1.24 bits per heavy atom. The Hall–Kier alpha value is -2.67. The predicted molar refractivity (Wildman–Crippen MR) is 96.7 cm³/mol. The van der Waals surface area contributed by atoms with Crippen LogP contribution in [0.2, 0.25) is 0 Å². The second kappa shape index (κ2) is 6.68. The Morgan fingerprint density at radius 3 is 2.92 bits per heavy atom. The zero-order valence-electron chi connectivity index (χ0n) is 14.3. The summed E-state index contributed by atoms with van der Waals surface area (Å²) in [4.78, 5) is 15.7. The molecule has 1 fully saturated rings. The molecule has 25 heavy (non-hydrogen) atoms. The Kier molecular flexibility index (Phi) is 4.23. The van der Waals surface area contributed by atoms with E-state index in [4.69, 9.17) is 0 Å². The van der Waals surface area contributed by atoms with E-state index >= 15 is 0 Å². The first-order chi connectivity index (χ1) is 12.2. The SMILES string of the molecule is Cc1ccn2cc(CNc3nccc(N4CCC(O)CC4)n3)nc2c1. The summed E-state index contributed by atoms with van der Waals surface area (Å²) in [5.41, 5.74) is 3.08. The van der Waals surface area contributed by atoms with E-state index in [9.17, 15) is 5.11 Å². The van der Waals surface area contributed by atoms with Crippen LogP contribution in [0.4, 0.5) is 11.8 Å². The van der Waals surface area contributed by atoms with Gasteiger partial charge in [0.05, 0.1) is 18.3 Å². The number of imidazole rings is 1. The summed E-state index contributed by atoms with van der Waals surface area (Å²) in [5, 5.41) is 12.9. The number of nitrogens with one attached hydrogen (secondary N) is 1. The number of nitrogens with zero attached hydrogens (tertiary/aromatic N) is 5. The molecule has 7 heteroatoms. The fourth-order valence-corrected chi connectivity index (χ4v) is 3.10. The summed E-state index contributed by atoms with van der Waals surface area (Å²) in [6.07, 6.45) is 7.18. The Bertz CT molecular complexity index is 869. The van der Waals surface area contributed by atoms with Crippen LogP contribution in [0, 0.1) is 6.92 Å². The monoisotopic (exact) mass is 338 g/mol. The van der Waals surface area contributed by atoms with Gasteiger partial charge < -0.3 is 19.7 Å². The van der Waals surface area contributed by atoms with Gasteiger partial charge in [0.25, 0.3) is 0 Å². The van der Waals surface area contributed by atoms with Gasteiger partial charge in [-0.25, -0.2) is 9.97 Å². The first kappa shape index (κ1) is 15.8. The Morgan fingerprint density at radius 2 is 2.08 bits per heavy atom. The molecule has 0 aromatic carbocycles. The first-order valence-electron chi connectivity index (χ1n) is 8.61. The average molecular weight is 338 g/mol. The van der Waals surface area contributed by atoms with Crippen molar-refractivity contribution in [3.8, 4) is 0 Å². The van der Waals surface area contributed by atoms with Gasteiger partial charge in [-0.1, -0.05) is 0 Å². The predicted octanol–water partition coefficient (Wildman–Crippen LogP) is 2.01. The molecule has 0 bridgehead atoms. The van der Waals surface area contributed by atoms with Crippen LogP contribution >= 0.6 is 0 Å². The molecule has 0 amide bonds. The summed E-state index contributed by atoms with van der Waals surface area (Å²) in [6.45, 7) is 4.28. The topological polar surface area (TPSA) is 78.6 Å². The summed E-state index contributed by atoms with van der Waals surface area (Å²) < 4.78 is 2.01. The van der Waals surface area contributed by atoms with Crippen LogP contribution in [0.5, 0.6) is 0 Å². The van der Waals surface area contributed by atoms with Crippen LogP contribution in [-0.2, 0) is 6.54 Å². The number of aryl methyl sites for hydroxylation is 1. The highest BCUT2D eigenvalue weighted by atomic mass is 16.3. The van der Waals surface area contributed by atoms with E-state index in [1.807, 2.05) is 22.9 Å². The summed E-state index contributed by atoms with van der Waals surface area (Å²) >= 11 is 0. The molecule has 3 aromatic rings. The van der Waals surface area contributed by atoms with E-state index in [-0.39, 0.29) is 6.10 Å². The third-order valence-corrected chi connectivity index (χ3v) is 4.52. The van der Waals surface area contributed by atoms with E-state index in [2.05, 4.69) is 44.2 Å². The van der Waals surface area contributed by atoms with E-state index in [0.717, 1.165) is 43.1 Å². The standard InChI is InChI=1S/C18H22N6O/c1-13-3-7-24-12-14(21-17(24)10-13)11-20-18-19-6-2-16(22-18)23-8-4-15(25)5-9-23/h2-3,6-7,10,12,15,25H,4-5,8-9,11H2,1H3,(H,19,20,22). The second-order valence-electron chi connectivity index (χ2n) is 6.51. The molecule has 4 rings (SSSR count). The highest BCUT2D eigenvalue weighted by Gasteiger charge is 2.18. The lowest BCUT2D eigenvalue weighted by atomic mass is 10.1. The molecule has 0 radical (unpaired) electrons. The van der Waals surface area contributed by atoms with Crippen molar-refractivity contribution in [2.24, 2.45) is 0 Å². The third kappa shape index (κ3) is 3.56. The lowest BCUT2D eigenvalue weighted by Crippen LogP contribution is -2.36. The average Bonchev–Trinajstić information content (AvgIpc) is 3.03. The van der Waals surface area contributed by atoms with Crippen LogP contribution in [-0.4, -0.2) is 43.7 Å². The number of hydrogen-bond acceptors (Lipinski definition) is 6. The van der Waals surface area contributed by atoms with Crippen LogP contribution in [0.15, 0.2) is 36.8 Å². The molecule has 0 atom stereocenters. The number of piperidine rings is 1. The maximum Gasteiger partial charge on any atom is 0.224 e. The van der Waals surface area contributed by atoms with Gasteiger partial charge in [0.2, 0.25) is 5.95 Å². The minimum atomic E-state index is -0.186. The number of aliphatic hydroxyl groups is 1. The quantitative estimate of drug-likeness (QED) is 0.758. The van der Waals surface area contributed by atoms with Crippen LogP contribution in [0.1, 0.15) is 24.1 Å². The molecule has 130 valence electrons. The maximum absolute atomic E-state index is 9.64. The molecule has 7 nitrogen and oxygen atoms in total. The lowest BCUT2D eigenvalue weighted by molar-refractivity contribution is 0.145.